The first kappa shape index (κ1) is 28.5. The second-order valence-electron chi connectivity index (χ2n) is 9.93. The summed E-state index contributed by atoms with van der Waals surface area (Å²) in [4.78, 5) is 35.7. The van der Waals surface area contributed by atoms with Crippen LogP contribution in [0.4, 0.5) is 5.69 Å². The molecular formula is C30H33ClN4O4. The number of carbonyl (C=O) groups excluding carboxylic acids is 2. The first-order valence-electron chi connectivity index (χ1n) is 12.9. The molecule has 6 rings (SSSR count). The van der Waals surface area contributed by atoms with Gasteiger partial charge in [-0.05, 0) is 50.1 Å². The van der Waals surface area contributed by atoms with E-state index in [9.17, 15) is 14.9 Å². The molecule has 5 atom stereocenters. The van der Waals surface area contributed by atoms with Gasteiger partial charge in [0.1, 0.15) is 6.07 Å². The van der Waals surface area contributed by atoms with Gasteiger partial charge in [-0.15, -0.1) is 0 Å². The third-order valence-electron chi connectivity index (χ3n) is 8.04. The minimum absolute atomic E-state index is 0. The Morgan fingerprint density at radius 2 is 2.03 bits per heavy atom. The third kappa shape index (κ3) is 4.64. The van der Waals surface area contributed by atoms with E-state index >= 15 is 0 Å². The van der Waals surface area contributed by atoms with Crippen LogP contribution in [0.1, 0.15) is 53.0 Å². The van der Waals surface area contributed by atoms with Crippen LogP contribution in [0, 0.1) is 29.1 Å². The second kappa shape index (κ2) is 10.9. The van der Waals surface area contributed by atoms with Gasteiger partial charge < -0.3 is 9.47 Å². The van der Waals surface area contributed by atoms with Crippen molar-refractivity contribution in [3.05, 3.63) is 59.4 Å². The van der Waals surface area contributed by atoms with Gasteiger partial charge in [-0.2, -0.15) is 5.26 Å². The number of halogens is 1. The van der Waals surface area contributed by atoms with E-state index in [1.807, 2.05) is 13.8 Å². The van der Waals surface area contributed by atoms with Crippen LogP contribution in [-0.4, -0.2) is 40.1 Å². The van der Waals surface area contributed by atoms with Crippen molar-refractivity contribution in [3.63, 3.8) is 0 Å². The molecule has 9 heteroatoms. The van der Waals surface area contributed by atoms with Gasteiger partial charge in [-0.3, -0.25) is 19.5 Å². The van der Waals surface area contributed by atoms with Gasteiger partial charge in [0.25, 0.3) is 0 Å². The molecule has 2 aromatic heterocycles. The van der Waals surface area contributed by atoms with Crippen molar-refractivity contribution in [3.8, 4) is 11.9 Å². The van der Waals surface area contributed by atoms with Crippen molar-refractivity contribution in [1.82, 2.24) is 9.97 Å². The first-order valence-corrected chi connectivity index (χ1v) is 13.3. The molecule has 1 saturated carbocycles. The Morgan fingerprint density at radius 1 is 1.23 bits per heavy atom. The number of benzene rings is 1. The highest BCUT2D eigenvalue weighted by atomic mass is 35.5. The average Bonchev–Trinajstić information content (AvgIpc) is 3.58. The van der Waals surface area contributed by atoms with Gasteiger partial charge in [0.15, 0.2) is 0 Å². The van der Waals surface area contributed by atoms with E-state index in [0.717, 1.165) is 12.8 Å². The number of rotatable bonds is 7. The van der Waals surface area contributed by atoms with Gasteiger partial charge in [0, 0.05) is 42.1 Å². The maximum atomic E-state index is 13.8. The zero-order chi connectivity index (χ0) is 27.1. The van der Waals surface area contributed by atoms with E-state index in [1.165, 1.54) is 11.1 Å². The largest absolute Gasteiger partial charge is 0.478 e. The van der Waals surface area contributed by atoms with E-state index < -0.39 is 11.2 Å². The molecule has 0 spiro atoms. The molecule has 2 aliphatic heterocycles. The Bertz CT molecular complexity index is 1420. The lowest BCUT2D eigenvalue weighted by molar-refractivity contribution is -0.129. The number of carbonyl (C=O) groups is 2. The summed E-state index contributed by atoms with van der Waals surface area (Å²) in [6, 6.07) is 12.3. The highest BCUT2D eigenvalue weighted by Crippen LogP contribution is 2.74. The summed E-state index contributed by atoms with van der Waals surface area (Å²) in [7, 11) is 0. The predicted octanol–water partition coefficient (Wildman–Crippen LogP) is 5.96. The van der Waals surface area contributed by atoms with Crippen LogP contribution in [0.5, 0.6) is 5.88 Å². The molecule has 2 amide bonds. The minimum Gasteiger partial charge on any atom is -0.478 e. The highest BCUT2D eigenvalue weighted by Gasteiger charge is 2.80. The maximum absolute atomic E-state index is 13.8. The molecule has 4 unspecified atom stereocenters. The van der Waals surface area contributed by atoms with Gasteiger partial charge >= 0.3 is 0 Å². The van der Waals surface area contributed by atoms with E-state index in [2.05, 4.69) is 23.0 Å². The zero-order valence-electron chi connectivity index (χ0n) is 21.6. The summed E-state index contributed by atoms with van der Waals surface area (Å²) in [5.74, 6) is 0.0137. The van der Waals surface area contributed by atoms with Crippen molar-refractivity contribution in [2.45, 2.75) is 58.7 Å². The molecule has 1 aliphatic carbocycles. The number of nitrogens with zero attached hydrogens (tertiary/aromatic N) is 4. The van der Waals surface area contributed by atoms with Gasteiger partial charge in [0.2, 0.25) is 18.2 Å². The van der Waals surface area contributed by atoms with E-state index in [1.54, 1.807) is 42.6 Å². The summed E-state index contributed by atoms with van der Waals surface area (Å²) in [6.07, 6.45) is 6.03. The molecule has 39 heavy (non-hydrogen) atoms. The molecule has 2 bridgehead atoms. The van der Waals surface area contributed by atoms with Gasteiger partial charge in [-0.25, -0.2) is 4.98 Å². The monoisotopic (exact) mass is 548 g/mol. The maximum Gasteiger partial charge on any atom is 0.237 e. The number of amides is 2. The fourth-order valence-electron chi connectivity index (χ4n) is 6.49. The summed E-state index contributed by atoms with van der Waals surface area (Å²) in [6.45, 7) is 6.47. The fourth-order valence-corrected chi connectivity index (χ4v) is 6.60. The highest BCUT2D eigenvalue weighted by molar-refractivity contribution is 6.30. The Hall–Kier alpha value is -3.54. The van der Waals surface area contributed by atoms with Crippen LogP contribution < -0.4 is 9.64 Å². The van der Waals surface area contributed by atoms with Crippen molar-refractivity contribution in [1.29, 1.82) is 5.26 Å². The fraction of sp³-hybridized carbons (Fsp3) is 0.433. The number of imide groups is 1. The molecule has 2 saturated heterocycles. The topological polar surface area (TPSA) is 105 Å². The molecule has 204 valence electrons. The standard InChI is InChI=1S/C27H23ClN4O4.C2H6.CH4/c1-26-8-9-27(36-26,10-12-35-20-7-5-17(28)14-31-20)23-21(22(23)26)25(34)32(15-33)19-6-4-16(13-29)24-18(19)3-2-11-30-24;1-2;/h2-7,11,14-15,21-23H,8-10,12H2,1H3;1-2H3;1H4/t21?,22?,23-,26?,27?;;/m0../s1. The minimum atomic E-state index is -0.463. The summed E-state index contributed by atoms with van der Waals surface area (Å²) in [5, 5.41) is 10.6. The predicted molar refractivity (Wildman–Crippen MR) is 149 cm³/mol. The third-order valence-corrected chi connectivity index (χ3v) is 8.27. The quantitative estimate of drug-likeness (QED) is 0.335. The Kier molecular flexibility index (Phi) is 7.97. The smallest absolute Gasteiger partial charge is 0.237 e. The number of hydrogen-bond acceptors (Lipinski definition) is 7. The van der Waals surface area contributed by atoms with Crippen LogP contribution in [-0.2, 0) is 14.3 Å². The lowest BCUT2D eigenvalue weighted by Crippen LogP contribution is -2.39. The Labute approximate surface area is 233 Å². The lowest BCUT2D eigenvalue weighted by Gasteiger charge is -2.30. The van der Waals surface area contributed by atoms with Crippen molar-refractivity contribution in [2.75, 3.05) is 11.5 Å². The molecule has 3 aliphatic rings. The van der Waals surface area contributed by atoms with Crippen molar-refractivity contribution in [2.24, 2.45) is 17.8 Å². The Morgan fingerprint density at radius 3 is 2.72 bits per heavy atom. The van der Waals surface area contributed by atoms with Crippen LogP contribution in [0.2, 0.25) is 5.02 Å². The van der Waals surface area contributed by atoms with Gasteiger partial charge in [-0.1, -0.05) is 32.9 Å². The summed E-state index contributed by atoms with van der Waals surface area (Å²) in [5.41, 5.74) is 0.435. The lowest BCUT2D eigenvalue weighted by atomic mass is 9.81. The van der Waals surface area contributed by atoms with Crippen molar-refractivity contribution >= 4 is 40.5 Å². The number of nitriles is 1. The van der Waals surface area contributed by atoms with Gasteiger partial charge in [0.05, 0.1) is 45.5 Å². The summed E-state index contributed by atoms with van der Waals surface area (Å²) >= 11 is 5.90. The van der Waals surface area contributed by atoms with E-state index in [-0.39, 0.29) is 31.1 Å². The van der Waals surface area contributed by atoms with E-state index in [0.29, 0.717) is 52.5 Å². The normalized spacial score (nSPS) is 27.3. The molecule has 3 aromatic rings. The van der Waals surface area contributed by atoms with Crippen LogP contribution in [0.25, 0.3) is 10.9 Å². The Balaban J connectivity index is 0.00000115. The molecular weight excluding hydrogens is 516 g/mol. The van der Waals surface area contributed by atoms with E-state index in [4.69, 9.17) is 21.1 Å². The number of ether oxygens (including phenoxy) is 2. The molecule has 0 radical (unpaired) electrons. The number of pyridine rings is 2. The average molecular weight is 549 g/mol. The molecule has 8 nitrogen and oxygen atoms in total. The zero-order valence-corrected chi connectivity index (χ0v) is 22.3. The first-order chi connectivity index (χ1) is 18.4. The number of anilines is 1. The van der Waals surface area contributed by atoms with Crippen molar-refractivity contribution < 1.29 is 19.1 Å². The number of fused-ring (bicyclic) bond motifs is 6. The summed E-state index contributed by atoms with van der Waals surface area (Å²) < 4.78 is 12.4. The second-order valence-corrected chi connectivity index (χ2v) is 10.4. The SMILES string of the molecule is C.CC.CC12CCC(CCOc3ccc(Cl)cn3)(O1)[C@H]1C(C(=O)N(C=O)c3ccc(C#N)c4ncccc34)C12. The molecule has 4 heterocycles. The van der Waals surface area contributed by atoms with Crippen LogP contribution in [0.3, 0.4) is 0 Å². The number of hydrogen-bond donors (Lipinski definition) is 0. The molecule has 3 fully saturated rings. The number of aromatic nitrogens is 2. The van der Waals surface area contributed by atoms with Crippen LogP contribution >= 0.6 is 11.6 Å². The van der Waals surface area contributed by atoms with Crippen LogP contribution in [0.15, 0.2) is 48.8 Å². The molecule has 0 N–H and O–H groups in total. The molecule has 1 aromatic carbocycles.